The molecule has 0 saturated carbocycles. The Kier molecular flexibility index (Phi) is 35.9. The Balaban J connectivity index is 4.43. The molecule has 0 aromatic heterocycles. The molecule has 0 heterocycles. The number of hydrogen-bond acceptors (Lipinski definition) is 9. The molecule has 10 nitrogen and oxygen atoms in total. The Bertz CT molecular complexity index is 1220. The number of ketones is 1. The quantitative estimate of drug-likeness (QED) is 0.0157. The van der Waals surface area contributed by atoms with Crippen molar-refractivity contribution < 1.29 is 42.4 Å². The van der Waals surface area contributed by atoms with Crippen LogP contribution in [-0.4, -0.2) is 55.1 Å². The molecule has 0 spiro atoms. The summed E-state index contributed by atoms with van der Waals surface area (Å²) in [6, 6.07) is 0. The second kappa shape index (κ2) is 38.1. The number of unbranched alkanes of at least 4 members (excludes halogenated alkanes) is 8. The van der Waals surface area contributed by atoms with Crippen LogP contribution in [0.5, 0.6) is 0 Å². The van der Waals surface area contributed by atoms with Crippen molar-refractivity contribution in [2.75, 3.05) is 26.4 Å². The summed E-state index contributed by atoms with van der Waals surface area (Å²) in [5, 5.41) is 0. The van der Waals surface area contributed by atoms with E-state index in [2.05, 4.69) is 62.5 Å². The lowest BCUT2D eigenvalue weighted by molar-refractivity contribution is -0.161. The maximum absolute atomic E-state index is 12.5. The van der Waals surface area contributed by atoms with Gasteiger partial charge in [-0.1, -0.05) is 119 Å². The second-order valence-electron chi connectivity index (χ2n) is 12.8. The fourth-order valence-electron chi connectivity index (χ4n) is 4.70. The first-order valence-electron chi connectivity index (χ1n) is 20.0. The molecule has 0 rings (SSSR count). The normalized spacial score (nSPS) is 14.1. The maximum Gasteiger partial charge on any atom is 0.472 e. The van der Waals surface area contributed by atoms with Crippen LogP contribution in [-0.2, 0) is 37.5 Å². The molecule has 306 valence electrons. The Labute approximate surface area is 326 Å². The van der Waals surface area contributed by atoms with Gasteiger partial charge in [0, 0.05) is 25.8 Å². The van der Waals surface area contributed by atoms with Gasteiger partial charge in [0.2, 0.25) is 0 Å². The third-order valence-corrected chi connectivity index (χ3v) is 8.71. The van der Waals surface area contributed by atoms with Crippen LogP contribution < -0.4 is 5.73 Å². The van der Waals surface area contributed by atoms with E-state index < -0.39 is 32.5 Å². The van der Waals surface area contributed by atoms with Gasteiger partial charge in [-0.15, -0.1) is 0 Å². The van der Waals surface area contributed by atoms with Gasteiger partial charge in [0.05, 0.1) is 13.2 Å². The van der Waals surface area contributed by atoms with Gasteiger partial charge < -0.3 is 20.1 Å². The van der Waals surface area contributed by atoms with Gasteiger partial charge in [0.1, 0.15) is 6.61 Å². The Hall–Kier alpha value is -3.14. The zero-order valence-electron chi connectivity index (χ0n) is 33.2. The van der Waals surface area contributed by atoms with E-state index >= 15 is 0 Å². The van der Waals surface area contributed by atoms with Gasteiger partial charge >= 0.3 is 19.8 Å². The van der Waals surface area contributed by atoms with Gasteiger partial charge in [0.25, 0.3) is 0 Å². The van der Waals surface area contributed by atoms with Crippen molar-refractivity contribution in [3.63, 3.8) is 0 Å². The molecular formula is C43H70NO9P. The molecule has 0 aliphatic carbocycles. The van der Waals surface area contributed by atoms with Crippen molar-refractivity contribution in [1.82, 2.24) is 0 Å². The molecule has 11 heteroatoms. The van der Waals surface area contributed by atoms with Crippen LogP contribution in [0.3, 0.4) is 0 Å². The van der Waals surface area contributed by atoms with Crippen molar-refractivity contribution >= 4 is 25.5 Å². The zero-order chi connectivity index (χ0) is 39.8. The minimum Gasteiger partial charge on any atom is -0.462 e. The zero-order valence-corrected chi connectivity index (χ0v) is 34.1. The summed E-state index contributed by atoms with van der Waals surface area (Å²) in [5.41, 5.74) is 5.32. The molecule has 0 aromatic carbocycles. The van der Waals surface area contributed by atoms with Crippen LogP contribution in [0.4, 0.5) is 0 Å². The summed E-state index contributed by atoms with van der Waals surface area (Å²) in [7, 11) is -4.41. The van der Waals surface area contributed by atoms with Crippen LogP contribution in [0.25, 0.3) is 0 Å². The van der Waals surface area contributed by atoms with Crippen molar-refractivity contribution in [2.24, 2.45) is 5.73 Å². The lowest BCUT2D eigenvalue weighted by Crippen LogP contribution is -2.29. The van der Waals surface area contributed by atoms with Crippen LogP contribution in [0.15, 0.2) is 85.1 Å². The van der Waals surface area contributed by atoms with E-state index in [0.29, 0.717) is 25.7 Å². The van der Waals surface area contributed by atoms with Crippen LogP contribution in [0.2, 0.25) is 0 Å². The number of rotatable bonds is 36. The highest BCUT2D eigenvalue weighted by Gasteiger charge is 2.25. The smallest absolute Gasteiger partial charge is 0.462 e. The minimum absolute atomic E-state index is 0.0262. The van der Waals surface area contributed by atoms with Crippen LogP contribution >= 0.6 is 7.82 Å². The molecule has 0 amide bonds. The van der Waals surface area contributed by atoms with Crippen molar-refractivity contribution in [2.45, 2.75) is 142 Å². The highest BCUT2D eigenvalue weighted by Crippen LogP contribution is 2.43. The van der Waals surface area contributed by atoms with E-state index in [1.54, 1.807) is 12.2 Å². The Morgan fingerprint density at radius 2 is 1.13 bits per heavy atom. The SMILES string of the molecule is CCCCC/C=C\C/C=C\C/C=C\CCCCC(=O)O[C@H](COC(=O)CCC/C=C\C/C=C\C/C=C\C=C\C(=O)CCCCC)COP(=O)(O)OCCN. The summed E-state index contributed by atoms with van der Waals surface area (Å²) in [6.07, 6.45) is 43.2. The van der Waals surface area contributed by atoms with Gasteiger partial charge in [-0.3, -0.25) is 23.4 Å². The molecule has 0 bridgehead atoms. The molecule has 0 aliphatic heterocycles. The fraction of sp³-hybridized carbons (Fsp3) is 0.605. The van der Waals surface area contributed by atoms with Gasteiger partial charge in [-0.05, 0) is 83.1 Å². The number of phosphoric ester groups is 1. The van der Waals surface area contributed by atoms with E-state index in [1.807, 2.05) is 24.3 Å². The largest absolute Gasteiger partial charge is 0.472 e. The number of nitrogens with two attached hydrogens (primary N) is 1. The summed E-state index contributed by atoms with van der Waals surface area (Å²) in [5.74, 6) is -0.819. The van der Waals surface area contributed by atoms with E-state index in [4.69, 9.17) is 24.3 Å². The first kappa shape index (κ1) is 50.9. The molecule has 0 aromatic rings. The topological polar surface area (TPSA) is 151 Å². The average Bonchev–Trinajstić information content (AvgIpc) is 3.15. The summed E-state index contributed by atoms with van der Waals surface area (Å²) in [6.45, 7) is 3.38. The number of phosphoric acid groups is 1. The molecule has 0 radical (unpaired) electrons. The van der Waals surface area contributed by atoms with Gasteiger partial charge in [0.15, 0.2) is 11.9 Å². The number of allylic oxidation sites excluding steroid dienone is 14. The third kappa shape index (κ3) is 37.2. The Morgan fingerprint density at radius 1 is 0.611 bits per heavy atom. The van der Waals surface area contributed by atoms with Crippen LogP contribution in [0.1, 0.15) is 136 Å². The molecule has 1 unspecified atom stereocenters. The van der Waals surface area contributed by atoms with Crippen LogP contribution in [0, 0.1) is 0 Å². The predicted molar refractivity (Wildman–Crippen MR) is 220 cm³/mol. The minimum atomic E-state index is -4.41. The first-order valence-corrected chi connectivity index (χ1v) is 21.5. The number of carbonyl (C=O) groups excluding carboxylic acids is 3. The monoisotopic (exact) mass is 775 g/mol. The Morgan fingerprint density at radius 3 is 1.74 bits per heavy atom. The van der Waals surface area contributed by atoms with E-state index in [1.165, 1.54) is 19.3 Å². The molecule has 0 fully saturated rings. The van der Waals surface area contributed by atoms with Crippen molar-refractivity contribution in [3.8, 4) is 0 Å². The van der Waals surface area contributed by atoms with E-state index in [9.17, 15) is 23.8 Å². The first-order chi connectivity index (χ1) is 26.2. The molecule has 54 heavy (non-hydrogen) atoms. The third-order valence-electron chi connectivity index (χ3n) is 7.73. The number of ether oxygens (including phenoxy) is 2. The summed E-state index contributed by atoms with van der Waals surface area (Å²) >= 11 is 0. The van der Waals surface area contributed by atoms with E-state index in [-0.39, 0.29) is 38.4 Å². The standard InChI is InChI=1S/C43H70NO9P/c1-3-5-7-8-9-10-11-12-13-14-17-21-24-27-31-35-43(47)53-41(39-52-54(48,49)51-37-36-44)38-50-42(46)34-30-26-23-20-18-15-16-19-22-25-29-33-40(45)32-28-6-4-2/h9-10,12-13,15-17,20-23,25,29,33,41H,3-8,11,14,18-19,24,26-28,30-32,34-39,44H2,1-2H3,(H,48,49)/b10-9-,13-12-,16-15-,21-17-,23-20-,25-22-,33-29+/t41-/m1/s1. The number of carbonyl (C=O) groups is 3. The molecule has 0 aliphatic rings. The lowest BCUT2D eigenvalue weighted by atomic mass is 10.1. The second-order valence-corrected chi connectivity index (χ2v) is 14.3. The highest BCUT2D eigenvalue weighted by molar-refractivity contribution is 7.47. The summed E-state index contributed by atoms with van der Waals surface area (Å²) in [4.78, 5) is 46.4. The summed E-state index contributed by atoms with van der Waals surface area (Å²) < 4.78 is 32.5. The van der Waals surface area contributed by atoms with Gasteiger partial charge in [-0.2, -0.15) is 0 Å². The molecular weight excluding hydrogens is 705 g/mol. The highest BCUT2D eigenvalue weighted by atomic mass is 31.2. The fourth-order valence-corrected chi connectivity index (χ4v) is 5.47. The molecule has 3 N–H and O–H groups in total. The maximum atomic E-state index is 12.5. The van der Waals surface area contributed by atoms with Crippen molar-refractivity contribution in [3.05, 3.63) is 85.1 Å². The molecule has 0 saturated heterocycles. The average molecular weight is 776 g/mol. The number of esters is 2. The number of hydrogen-bond donors (Lipinski definition) is 2. The molecule has 2 atom stereocenters. The van der Waals surface area contributed by atoms with Crippen molar-refractivity contribution in [1.29, 1.82) is 0 Å². The predicted octanol–water partition coefficient (Wildman–Crippen LogP) is 10.4. The van der Waals surface area contributed by atoms with Gasteiger partial charge in [-0.25, -0.2) is 4.57 Å². The van der Waals surface area contributed by atoms with E-state index in [0.717, 1.165) is 64.2 Å². The lowest BCUT2D eigenvalue weighted by Gasteiger charge is -2.19.